The number of nitrogens with zero attached hydrogens (tertiary/aromatic N) is 2. The minimum absolute atomic E-state index is 0.839. The first-order valence-corrected chi connectivity index (χ1v) is 9.31. The number of imidazole rings is 1. The van der Waals surface area contributed by atoms with Crippen LogP contribution < -0.4 is 0 Å². The third kappa shape index (κ3) is 7.68. The quantitative estimate of drug-likeness (QED) is 0.407. The molecule has 122 valence electrons. The van der Waals surface area contributed by atoms with E-state index >= 15 is 0 Å². The zero-order chi connectivity index (χ0) is 15.3. The molecule has 0 amide bonds. The minimum Gasteiger partial charge on any atom is -0.335 e. The monoisotopic (exact) mass is 292 g/mol. The second-order valence-electron chi connectivity index (χ2n) is 6.40. The predicted molar refractivity (Wildman–Crippen MR) is 92.6 cm³/mol. The number of aryl methyl sites for hydroxylation is 1. The molecule has 0 spiro atoms. The van der Waals surface area contributed by atoms with Gasteiger partial charge in [0.15, 0.2) is 0 Å². The predicted octanol–water partition coefficient (Wildman–Crippen LogP) is 6.00. The number of rotatable bonds is 13. The van der Waals surface area contributed by atoms with Gasteiger partial charge < -0.3 is 4.57 Å². The molecule has 0 aromatic carbocycles. The summed E-state index contributed by atoms with van der Waals surface area (Å²) in [4.78, 5) is 4.58. The van der Waals surface area contributed by atoms with Crippen LogP contribution in [0.1, 0.15) is 90.8 Å². The second kappa shape index (κ2) is 11.8. The molecule has 1 aromatic rings. The Kier molecular flexibility index (Phi) is 10.3. The molecular formula is C19H36N2. The van der Waals surface area contributed by atoms with Crippen LogP contribution >= 0.6 is 0 Å². The second-order valence-corrected chi connectivity index (χ2v) is 6.40. The van der Waals surface area contributed by atoms with Crippen LogP contribution in [0.4, 0.5) is 0 Å². The molecule has 1 atom stereocenters. The van der Waals surface area contributed by atoms with Gasteiger partial charge in [-0.25, -0.2) is 4.98 Å². The fourth-order valence-corrected chi connectivity index (χ4v) is 3.14. The molecule has 2 heteroatoms. The lowest BCUT2D eigenvalue weighted by molar-refractivity contribution is 0.393. The van der Waals surface area contributed by atoms with Crippen LogP contribution in [-0.2, 0) is 13.0 Å². The first-order valence-electron chi connectivity index (χ1n) is 9.31. The Bertz CT molecular complexity index is 343. The van der Waals surface area contributed by atoms with Crippen LogP contribution in [0.3, 0.4) is 0 Å². The molecule has 1 aromatic heterocycles. The van der Waals surface area contributed by atoms with E-state index in [0.717, 1.165) is 12.5 Å². The van der Waals surface area contributed by atoms with Crippen LogP contribution in [0.25, 0.3) is 0 Å². The Hall–Kier alpha value is -0.790. The molecule has 0 saturated carbocycles. The highest BCUT2D eigenvalue weighted by Gasteiger charge is 2.12. The third-order valence-electron chi connectivity index (χ3n) is 4.55. The summed E-state index contributed by atoms with van der Waals surface area (Å²) in [6, 6.07) is 0. The Labute approximate surface area is 132 Å². The fourth-order valence-electron chi connectivity index (χ4n) is 3.14. The summed E-state index contributed by atoms with van der Waals surface area (Å²) < 4.78 is 2.31. The molecule has 2 nitrogen and oxygen atoms in total. The van der Waals surface area contributed by atoms with Crippen LogP contribution in [0.5, 0.6) is 0 Å². The first kappa shape index (κ1) is 18.3. The summed E-state index contributed by atoms with van der Waals surface area (Å²) in [5.74, 6) is 2.14. The zero-order valence-corrected chi connectivity index (χ0v) is 14.6. The summed E-state index contributed by atoms with van der Waals surface area (Å²) >= 11 is 0. The third-order valence-corrected chi connectivity index (χ3v) is 4.55. The summed E-state index contributed by atoms with van der Waals surface area (Å²) in [7, 11) is 0. The lowest BCUT2D eigenvalue weighted by Gasteiger charge is -2.17. The molecule has 0 saturated heterocycles. The van der Waals surface area contributed by atoms with Gasteiger partial charge in [0.25, 0.3) is 0 Å². The van der Waals surface area contributed by atoms with Crippen molar-refractivity contribution in [2.24, 2.45) is 5.92 Å². The molecule has 0 N–H and O–H groups in total. The molecular weight excluding hydrogens is 256 g/mol. The maximum absolute atomic E-state index is 4.58. The van der Waals surface area contributed by atoms with E-state index < -0.39 is 0 Å². The van der Waals surface area contributed by atoms with E-state index in [2.05, 4.69) is 36.5 Å². The summed E-state index contributed by atoms with van der Waals surface area (Å²) in [5, 5.41) is 0. The van der Waals surface area contributed by atoms with Crippen LogP contribution in [0.2, 0.25) is 0 Å². The maximum Gasteiger partial charge on any atom is 0.108 e. The van der Waals surface area contributed by atoms with Gasteiger partial charge in [0.05, 0.1) is 0 Å². The van der Waals surface area contributed by atoms with E-state index in [1.54, 1.807) is 0 Å². The van der Waals surface area contributed by atoms with Gasteiger partial charge in [0.2, 0.25) is 0 Å². The Balaban J connectivity index is 2.39. The SMILES string of the molecule is CCCCCCCC(CCCCC)Cc1nccn1CC. The van der Waals surface area contributed by atoms with Gasteiger partial charge in [-0.2, -0.15) is 0 Å². The Morgan fingerprint density at radius 1 is 0.905 bits per heavy atom. The van der Waals surface area contributed by atoms with E-state index in [0.29, 0.717) is 0 Å². The van der Waals surface area contributed by atoms with Gasteiger partial charge in [-0.05, 0) is 12.8 Å². The van der Waals surface area contributed by atoms with Crippen LogP contribution in [0, 0.1) is 5.92 Å². The first-order chi connectivity index (χ1) is 10.3. The highest BCUT2D eigenvalue weighted by molar-refractivity contribution is 4.93. The molecule has 1 heterocycles. The van der Waals surface area contributed by atoms with Crippen molar-refractivity contribution in [3.05, 3.63) is 18.2 Å². The van der Waals surface area contributed by atoms with E-state index in [1.165, 1.54) is 76.5 Å². The van der Waals surface area contributed by atoms with E-state index in [4.69, 9.17) is 0 Å². The summed E-state index contributed by atoms with van der Waals surface area (Å²) in [5.41, 5.74) is 0. The average molecular weight is 293 g/mol. The van der Waals surface area contributed by atoms with Crippen LogP contribution in [-0.4, -0.2) is 9.55 Å². The van der Waals surface area contributed by atoms with Crippen molar-refractivity contribution < 1.29 is 0 Å². The van der Waals surface area contributed by atoms with Gasteiger partial charge in [-0.15, -0.1) is 0 Å². The Morgan fingerprint density at radius 2 is 1.52 bits per heavy atom. The molecule has 0 bridgehead atoms. The van der Waals surface area contributed by atoms with Crippen LogP contribution in [0.15, 0.2) is 12.4 Å². The number of aromatic nitrogens is 2. The largest absolute Gasteiger partial charge is 0.335 e. The molecule has 21 heavy (non-hydrogen) atoms. The molecule has 0 aliphatic heterocycles. The van der Waals surface area contributed by atoms with Gasteiger partial charge in [0, 0.05) is 25.4 Å². The molecule has 0 fully saturated rings. The molecule has 0 aliphatic rings. The van der Waals surface area contributed by atoms with Gasteiger partial charge in [0.1, 0.15) is 5.82 Å². The smallest absolute Gasteiger partial charge is 0.108 e. The van der Waals surface area contributed by atoms with Crippen molar-refractivity contribution in [3.63, 3.8) is 0 Å². The highest BCUT2D eigenvalue weighted by Crippen LogP contribution is 2.22. The normalized spacial score (nSPS) is 12.7. The number of hydrogen-bond acceptors (Lipinski definition) is 1. The molecule has 1 unspecified atom stereocenters. The van der Waals surface area contributed by atoms with Crippen molar-refractivity contribution >= 4 is 0 Å². The lowest BCUT2D eigenvalue weighted by atomic mass is 9.91. The van der Waals surface area contributed by atoms with Gasteiger partial charge in [-0.1, -0.05) is 78.1 Å². The number of unbranched alkanes of at least 4 members (excludes halogenated alkanes) is 6. The lowest BCUT2D eigenvalue weighted by Crippen LogP contribution is -2.10. The Morgan fingerprint density at radius 3 is 2.19 bits per heavy atom. The molecule has 1 rings (SSSR count). The van der Waals surface area contributed by atoms with Crippen molar-refractivity contribution in [1.82, 2.24) is 9.55 Å². The summed E-state index contributed by atoms with van der Waals surface area (Å²) in [6.07, 6.45) is 19.1. The molecule has 0 aliphatic carbocycles. The van der Waals surface area contributed by atoms with Gasteiger partial charge >= 0.3 is 0 Å². The van der Waals surface area contributed by atoms with Crippen molar-refractivity contribution in [1.29, 1.82) is 0 Å². The number of hydrogen-bond donors (Lipinski definition) is 0. The van der Waals surface area contributed by atoms with E-state index in [1.807, 2.05) is 6.20 Å². The van der Waals surface area contributed by atoms with Gasteiger partial charge in [-0.3, -0.25) is 0 Å². The van der Waals surface area contributed by atoms with Crippen molar-refractivity contribution in [3.8, 4) is 0 Å². The highest BCUT2D eigenvalue weighted by atomic mass is 15.0. The topological polar surface area (TPSA) is 17.8 Å². The van der Waals surface area contributed by atoms with Crippen molar-refractivity contribution in [2.45, 2.75) is 97.9 Å². The minimum atomic E-state index is 0.839. The van der Waals surface area contributed by atoms with E-state index in [9.17, 15) is 0 Å². The zero-order valence-electron chi connectivity index (χ0n) is 14.6. The standard InChI is InChI=1S/C19H36N2/c1-4-7-9-10-12-14-18(13-11-8-5-2)17-19-20-15-16-21(19)6-3/h15-16,18H,4-14,17H2,1-3H3. The van der Waals surface area contributed by atoms with E-state index in [-0.39, 0.29) is 0 Å². The average Bonchev–Trinajstić information content (AvgIpc) is 2.94. The fraction of sp³-hybridized carbons (Fsp3) is 0.842. The molecule has 0 radical (unpaired) electrons. The van der Waals surface area contributed by atoms with Crippen molar-refractivity contribution in [2.75, 3.05) is 0 Å². The maximum atomic E-state index is 4.58. The summed E-state index contributed by atoms with van der Waals surface area (Å²) in [6.45, 7) is 7.84.